The molecule has 0 aliphatic carbocycles. The number of carbonyl (C=O) groups is 2. The number of ether oxygens (including phenoxy) is 2. The van der Waals surface area contributed by atoms with Crippen molar-refractivity contribution < 1.29 is 19.1 Å². The van der Waals surface area contributed by atoms with Crippen molar-refractivity contribution in [2.75, 3.05) is 5.32 Å². The van der Waals surface area contributed by atoms with E-state index in [-0.39, 0.29) is 12.4 Å². The second kappa shape index (κ2) is 8.39. The molecule has 0 aliphatic heterocycles. The van der Waals surface area contributed by atoms with Crippen LogP contribution in [0, 0.1) is 0 Å². The Hall–Kier alpha value is -3.28. The molecular weight excluding hydrogens is 368 g/mol. The lowest BCUT2D eigenvalue weighted by atomic mass is 10.0. The number of esters is 1. The van der Waals surface area contributed by atoms with Crippen molar-refractivity contribution in [3.8, 4) is 16.9 Å². The van der Waals surface area contributed by atoms with E-state index >= 15 is 0 Å². The van der Waals surface area contributed by atoms with Crippen LogP contribution in [0.5, 0.6) is 5.75 Å². The van der Waals surface area contributed by atoms with Gasteiger partial charge in [0.1, 0.15) is 5.60 Å². The van der Waals surface area contributed by atoms with Crippen molar-refractivity contribution >= 4 is 28.8 Å². The largest absolute Gasteiger partial charge is 0.444 e. The fourth-order valence-corrected chi connectivity index (χ4v) is 3.02. The maximum absolute atomic E-state index is 12.3. The van der Waals surface area contributed by atoms with Crippen LogP contribution in [0.2, 0.25) is 0 Å². The van der Waals surface area contributed by atoms with Gasteiger partial charge in [-0.15, -0.1) is 0 Å². The zero-order valence-electron chi connectivity index (χ0n) is 17.2. The van der Waals surface area contributed by atoms with Gasteiger partial charge >= 0.3 is 12.1 Å². The van der Waals surface area contributed by atoms with Crippen LogP contribution in [0.25, 0.3) is 22.0 Å². The Kier molecular flexibility index (Phi) is 5.92. The first-order valence-corrected chi connectivity index (χ1v) is 9.69. The molecule has 0 bridgehead atoms. The number of aromatic amines is 1. The van der Waals surface area contributed by atoms with E-state index in [1.807, 2.05) is 55.5 Å². The minimum absolute atomic E-state index is 0.289. The van der Waals surface area contributed by atoms with Gasteiger partial charge in [0.15, 0.2) is 11.6 Å². The average molecular weight is 394 g/mol. The summed E-state index contributed by atoms with van der Waals surface area (Å²) in [5.74, 6) is 0.231. The number of hydrogen-bond donors (Lipinski definition) is 2. The van der Waals surface area contributed by atoms with Gasteiger partial charge in [0.2, 0.25) is 0 Å². The number of carbonyl (C=O) groups excluding carboxylic acids is 2. The summed E-state index contributed by atoms with van der Waals surface area (Å²) < 4.78 is 11.0. The summed E-state index contributed by atoms with van der Waals surface area (Å²) in [6, 6.07) is 15.6. The molecule has 3 rings (SSSR count). The van der Waals surface area contributed by atoms with Gasteiger partial charge in [-0.05, 0) is 38.8 Å². The number of H-pyrrole nitrogens is 1. The van der Waals surface area contributed by atoms with Crippen molar-refractivity contribution in [3.63, 3.8) is 0 Å². The number of para-hydroxylation sites is 1. The Morgan fingerprint density at radius 2 is 1.76 bits per heavy atom. The van der Waals surface area contributed by atoms with E-state index in [0.29, 0.717) is 23.4 Å². The van der Waals surface area contributed by atoms with Gasteiger partial charge < -0.3 is 14.5 Å². The van der Waals surface area contributed by atoms with Crippen LogP contribution in [-0.2, 0) is 9.53 Å². The summed E-state index contributed by atoms with van der Waals surface area (Å²) in [7, 11) is 0. The first-order valence-electron chi connectivity index (χ1n) is 9.69. The van der Waals surface area contributed by atoms with Gasteiger partial charge in [0.05, 0.1) is 5.52 Å². The van der Waals surface area contributed by atoms with Crippen LogP contribution in [0.15, 0.2) is 48.5 Å². The summed E-state index contributed by atoms with van der Waals surface area (Å²) in [5, 5.41) is 3.40. The molecule has 0 atom stereocenters. The Bertz CT molecular complexity index is 1020. The van der Waals surface area contributed by atoms with E-state index in [0.717, 1.165) is 16.6 Å². The first-order chi connectivity index (χ1) is 13.8. The quantitative estimate of drug-likeness (QED) is 0.529. The lowest BCUT2D eigenvalue weighted by molar-refractivity contribution is -0.134. The number of fused-ring (bicyclic) bond motifs is 1. The molecule has 1 heterocycles. The minimum atomic E-state index is -0.648. The molecule has 0 spiro atoms. The first kappa shape index (κ1) is 20.5. The molecule has 0 saturated carbocycles. The zero-order chi connectivity index (χ0) is 21.0. The van der Waals surface area contributed by atoms with Crippen LogP contribution >= 0.6 is 0 Å². The van der Waals surface area contributed by atoms with Gasteiger partial charge in [-0.2, -0.15) is 0 Å². The van der Waals surface area contributed by atoms with Crippen LogP contribution in [0.3, 0.4) is 0 Å². The normalized spacial score (nSPS) is 11.3. The fraction of sp³-hybridized carbons (Fsp3) is 0.304. The van der Waals surface area contributed by atoms with Crippen molar-refractivity contribution in [2.24, 2.45) is 0 Å². The molecule has 1 amide bonds. The van der Waals surface area contributed by atoms with Crippen molar-refractivity contribution in [1.82, 2.24) is 4.98 Å². The molecule has 0 saturated heterocycles. The monoisotopic (exact) mass is 394 g/mol. The Balaban J connectivity index is 2.08. The maximum Gasteiger partial charge on any atom is 0.413 e. The molecule has 29 heavy (non-hydrogen) atoms. The molecule has 2 aromatic carbocycles. The van der Waals surface area contributed by atoms with Crippen molar-refractivity contribution in [3.05, 3.63) is 48.5 Å². The number of aromatic nitrogens is 1. The average Bonchev–Trinajstić information content (AvgIpc) is 2.98. The van der Waals surface area contributed by atoms with Crippen LogP contribution in [-0.4, -0.2) is 22.6 Å². The zero-order valence-corrected chi connectivity index (χ0v) is 17.2. The van der Waals surface area contributed by atoms with E-state index < -0.39 is 11.7 Å². The molecule has 152 valence electrons. The molecular formula is C23H26N2O4. The Labute approximate surface area is 170 Å². The van der Waals surface area contributed by atoms with Crippen LogP contribution in [0.1, 0.15) is 40.5 Å². The third-order valence-electron chi connectivity index (χ3n) is 4.17. The summed E-state index contributed by atoms with van der Waals surface area (Å²) in [6.45, 7) is 7.26. The third kappa shape index (κ3) is 4.96. The predicted molar refractivity (Wildman–Crippen MR) is 114 cm³/mol. The SMILES string of the molecule is CCCC(=O)Oc1c(NC(=O)OC(C)(C)C)[nH]c2c(-c3ccccc3)cccc12. The number of amides is 1. The lowest BCUT2D eigenvalue weighted by Crippen LogP contribution is -2.27. The second-order valence-electron chi connectivity index (χ2n) is 7.77. The number of anilines is 1. The molecule has 6 heteroatoms. The second-order valence-corrected chi connectivity index (χ2v) is 7.77. The minimum Gasteiger partial charge on any atom is -0.444 e. The smallest absolute Gasteiger partial charge is 0.413 e. The molecule has 0 unspecified atom stereocenters. The summed E-state index contributed by atoms with van der Waals surface area (Å²) in [5.41, 5.74) is 2.07. The number of rotatable bonds is 5. The van der Waals surface area contributed by atoms with Crippen LogP contribution < -0.4 is 10.1 Å². The third-order valence-corrected chi connectivity index (χ3v) is 4.17. The summed E-state index contributed by atoms with van der Waals surface area (Å²) in [4.78, 5) is 27.7. The van der Waals surface area contributed by atoms with E-state index in [1.165, 1.54) is 0 Å². The molecule has 3 aromatic rings. The highest BCUT2D eigenvalue weighted by Gasteiger charge is 2.22. The van der Waals surface area contributed by atoms with E-state index in [2.05, 4.69) is 10.3 Å². The summed E-state index contributed by atoms with van der Waals surface area (Å²) >= 11 is 0. The van der Waals surface area contributed by atoms with Gasteiger partial charge in [-0.25, -0.2) is 4.79 Å². The van der Waals surface area contributed by atoms with Gasteiger partial charge in [-0.1, -0.05) is 49.4 Å². The van der Waals surface area contributed by atoms with Gasteiger partial charge in [0.25, 0.3) is 0 Å². The maximum atomic E-state index is 12.3. The van der Waals surface area contributed by atoms with Crippen LogP contribution in [0.4, 0.5) is 10.6 Å². The van der Waals surface area contributed by atoms with E-state index in [4.69, 9.17) is 9.47 Å². The highest BCUT2D eigenvalue weighted by Crippen LogP contribution is 2.39. The number of hydrogen-bond acceptors (Lipinski definition) is 4. The molecule has 2 N–H and O–H groups in total. The topological polar surface area (TPSA) is 80.4 Å². The molecule has 0 radical (unpaired) electrons. The molecule has 1 aromatic heterocycles. The Morgan fingerprint density at radius 3 is 2.41 bits per heavy atom. The molecule has 0 aliphatic rings. The van der Waals surface area contributed by atoms with E-state index in [9.17, 15) is 9.59 Å². The lowest BCUT2D eigenvalue weighted by Gasteiger charge is -2.19. The molecule has 6 nitrogen and oxygen atoms in total. The Morgan fingerprint density at radius 1 is 1.03 bits per heavy atom. The highest BCUT2D eigenvalue weighted by atomic mass is 16.6. The van der Waals surface area contributed by atoms with Gasteiger partial charge in [-0.3, -0.25) is 10.1 Å². The van der Waals surface area contributed by atoms with Crippen molar-refractivity contribution in [2.45, 2.75) is 46.1 Å². The standard InChI is InChI=1S/C23H26N2O4/c1-5-10-18(26)28-20-17-14-9-13-16(15-11-7-6-8-12-15)19(17)24-21(20)25-22(27)29-23(2,3)4/h6-9,11-14,24H,5,10H2,1-4H3,(H,25,27). The van der Waals surface area contributed by atoms with Gasteiger partial charge in [0, 0.05) is 17.4 Å². The fourth-order valence-electron chi connectivity index (χ4n) is 3.02. The number of nitrogens with one attached hydrogen (secondary N) is 2. The van der Waals surface area contributed by atoms with Crippen molar-refractivity contribution in [1.29, 1.82) is 0 Å². The highest BCUT2D eigenvalue weighted by molar-refractivity contribution is 6.04. The number of benzene rings is 2. The summed E-state index contributed by atoms with van der Waals surface area (Å²) in [6.07, 6.45) is 0.334. The van der Waals surface area contributed by atoms with E-state index in [1.54, 1.807) is 20.8 Å². The molecule has 0 fully saturated rings. The predicted octanol–water partition coefficient (Wildman–Crippen LogP) is 5.89.